The maximum absolute atomic E-state index is 10.5. The average molecular weight is 219 g/mol. The smallest absolute Gasteiger partial charge is 0.303 e. The zero-order chi connectivity index (χ0) is 11.4. The molecule has 0 atom stereocenters. The Balaban J connectivity index is 1.65. The van der Waals surface area contributed by atoms with Crippen molar-refractivity contribution in [2.24, 2.45) is 5.92 Å². The molecule has 1 aromatic rings. The SMILES string of the molecule is O=C(O)CC1CN(CCc2ccccc2)C1. The predicted octanol–water partition coefficient (Wildman–Crippen LogP) is 1.64. The first kappa shape index (κ1) is 11.1. The number of carboxylic acids is 1. The summed E-state index contributed by atoms with van der Waals surface area (Å²) in [5.74, 6) is -0.305. The molecule has 3 nitrogen and oxygen atoms in total. The highest BCUT2D eigenvalue weighted by atomic mass is 16.4. The average Bonchev–Trinajstić information content (AvgIpc) is 2.22. The number of rotatable bonds is 5. The topological polar surface area (TPSA) is 40.5 Å². The summed E-state index contributed by atoms with van der Waals surface area (Å²) in [6.45, 7) is 2.93. The van der Waals surface area contributed by atoms with E-state index in [0.29, 0.717) is 12.3 Å². The van der Waals surface area contributed by atoms with Crippen molar-refractivity contribution in [2.45, 2.75) is 12.8 Å². The van der Waals surface area contributed by atoms with Gasteiger partial charge in [0.2, 0.25) is 0 Å². The van der Waals surface area contributed by atoms with Crippen LogP contribution in [0.1, 0.15) is 12.0 Å². The Morgan fingerprint density at radius 3 is 2.62 bits per heavy atom. The number of carboxylic acid groups (broad SMARTS) is 1. The van der Waals surface area contributed by atoms with Gasteiger partial charge in [0, 0.05) is 19.6 Å². The number of carbonyl (C=O) groups is 1. The van der Waals surface area contributed by atoms with Gasteiger partial charge in [-0.25, -0.2) is 0 Å². The molecule has 1 aromatic carbocycles. The summed E-state index contributed by atoms with van der Waals surface area (Å²) in [5.41, 5.74) is 1.35. The molecule has 1 saturated heterocycles. The van der Waals surface area contributed by atoms with Crippen LogP contribution in [-0.2, 0) is 11.2 Å². The van der Waals surface area contributed by atoms with Crippen molar-refractivity contribution < 1.29 is 9.90 Å². The van der Waals surface area contributed by atoms with Gasteiger partial charge < -0.3 is 10.0 Å². The molecule has 16 heavy (non-hydrogen) atoms. The van der Waals surface area contributed by atoms with E-state index in [1.165, 1.54) is 5.56 Å². The fourth-order valence-corrected chi connectivity index (χ4v) is 2.17. The third-order valence-corrected chi connectivity index (χ3v) is 3.06. The van der Waals surface area contributed by atoms with Crippen LogP contribution in [-0.4, -0.2) is 35.6 Å². The summed E-state index contributed by atoms with van der Waals surface area (Å²) in [6, 6.07) is 10.4. The van der Waals surface area contributed by atoms with Crippen molar-refractivity contribution in [3.05, 3.63) is 35.9 Å². The summed E-state index contributed by atoms with van der Waals surface area (Å²) in [5, 5.41) is 8.62. The molecular formula is C13H17NO2. The first-order chi connectivity index (χ1) is 7.74. The van der Waals surface area contributed by atoms with Crippen LogP contribution in [0.5, 0.6) is 0 Å². The van der Waals surface area contributed by atoms with Crippen LogP contribution < -0.4 is 0 Å². The lowest BCUT2D eigenvalue weighted by molar-refractivity contribution is -0.139. The van der Waals surface area contributed by atoms with Gasteiger partial charge in [0.1, 0.15) is 0 Å². The van der Waals surface area contributed by atoms with Gasteiger partial charge in [-0.15, -0.1) is 0 Å². The van der Waals surface area contributed by atoms with E-state index in [-0.39, 0.29) is 0 Å². The lowest BCUT2D eigenvalue weighted by atomic mass is 9.96. The van der Waals surface area contributed by atoms with Gasteiger partial charge >= 0.3 is 5.97 Å². The predicted molar refractivity (Wildman–Crippen MR) is 62.3 cm³/mol. The third kappa shape index (κ3) is 3.07. The van der Waals surface area contributed by atoms with Crippen LogP contribution in [0.15, 0.2) is 30.3 Å². The van der Waals surface area contributed by atoms with Crippen molar-refractivity contribution in [3.8, 4) is 0 Å². The molecule has 1 aliphatic rings. The number of hydrogen-bond donors (Lipinski definition) is 1. The van der Waals surface area contributed by atoms with E-state index < -0.39 is 5.97 Å². The first-order valence-corrected chi connectivity index (χ1v) is 5.72. The summed E-state index contributed by atoms with van der Waals surface area (Å²) in [4.78, 5) is 12.8. The summed E-state index contributed by atoms with van der Waals surface area (Å²) < 4.78 is 0. The van der Waals surface area contributed by atoms with Crippen LogP contribution in [0.2, 0.25) is 0 Å². The largest absolute Gasteiger partial charge is 0.481 e. The third-order valence-electron chi connectivity index (χ3n) is 3.06. The Morgan fingerprint density at radius 1 is 1.31 bits per heavy atom. The summed E-state index contributed by atoms with van der Waals surface area (Å²) in [7, 11) is 0. The number of likely N-dealkylation sites (tertiary alicyclic amines) is 1. The van der Waals surface area contributed by atoms with Crippen molar-refractivity contribution >= 4 is 5.97 Å². The van der Waals surface area contributed by atoms with Crippen LogP contribution in [0.3, 0.4) is 0 Å². The van der Waals surface area contributed by atoms with Gasteiger partial charge in [-0.2, -0.15) is 0 Å². The molecule has 0 bridgehead atoms. The second kappa shape index (κ2) is 5.12. The van der Waals surface area contributed by atoms with Crippen LogP contribution in [0.25, 0.3) is 0 Å². The molecule has 1 N–H and O–H groups in total. The van der Waals surface area contributed by atoms with Crippen LogP contribution >= 0.6 is 0 Å². The summed E-state index contributed by atoms with van der Waals surface area (Å²) in [6.07, 6.45) is 1.38. The van der Waals surface area contributed by atoms with Crippen molar-refractivity contribution in [2.75, 3.05) is 19.6 Å². The van der Waals surface area contributed by atoms with Crippen molar-refractivity contribution in [1.82, 2.24) is 4.90 Å². The van der Waals surface area contributed by atoms with Crippen LogP contribution in [0, 0.1) is 5.92 Å². The van der Waals surface area contributed by atoms with Gasteiger partial charge in [-0.1, -0.05) is 30.3 Å². The van der Waals surface area contributed by atoms with Crippen molar-refractivity contribution in [1.29, 1.82) is 0 Å². The number of aliphatic carboxylic acids is 1. The molecule has 0 radical (unpaired) electrons. The van der Waals surface area contributed by atoms with Gasteiger partial charge in [0.15, 0.2) is 0 Å². The first-order valence-electron chi connectivity index (χ1n) is 5.72. The number of hydrogen-bond acceptors (Lipinski definition) is 2. The molecule has 86 valence electrons. The molecular weight excluding hydrogens is 202 g/mol. The number of benzene rings is 1. The minimum Gasteiger partial charge on any atom is -0.481 e. The molecule has 2 rings (SSSR count). The zero-order valence-corrected chi connectivity index (χ0v) is 9.30. The van der Waals surface area contributed by atoms with Crippen LogP contribution in [0.4, 0.5) is 0 Å². The van der Waals surface area contributed by atoms with E-state index in [4.69, 9.17) is 5.11 Å². The second-order valence-corrected chi connectivity index (χ2v) is 4.46. The minimum atomic E-state index is -0.673. The van der Waals surface area contributed by atoms with E-state index in [9.17, 15) is 4.79 Å². The zero-order valence-electron chi connectivity index (χ0n) is 9.30. The van der Waals surface area contributed by atoms with Gasteiger partial charge in [-0.05, 0) is 17.9 Å². The Morgan fingerprint density at radius 2 is 2.00 bits per heavy atom. The Hall–Kier alpha value is -1.35. The lowest BCUT2D eigenvalue weighted by Gasteiger charge is -2.38. The maximum atomic E-state index is 10.5. The van der Waals surface area contributed by atoms with Gasteiger partial charge in [-0.3, -0.25) is 4.79 Å². The molecule has 0 spiro atoms. The molecule has 3 heteroatoms. The Bertz CT molecular complexity index is 344. The Kier molecular flexibility index (Phi) is 3.57. The molecule has 0 amide bonds. The fraction of sp³-hybridized carbons (Fsp3) is 0.462. The molecule has 0 aliphatic carbocycles. The molecule has 1 heterocycles. The monoisotopic (exact) mass is 219 g/mol. The molecule has 1 fully saturated rings. The standard InChI is InChI=1S/C13H17NO2/c15-13(16)8-12-9-14(10-12)7-6-11-4-2-1-3-5-11/h1-5,12H,6-10H2,(H,15,16). The van der Waals surface area contributed by atoms with E-state index >= 15 is 0 Å². The molecule has 0 aromatic heterocycles. The maximum Gasteiger partial charge on any atom is 0.303 e. The van der Waals surface area contributed by atoms with Gasteiger partial charge in [0.05, 0.1) is 6.42 Å². The fourth-order valence-electron chi connectivity index (χ4n) is 2.17. The molecule has 0 saturated carbocycles. The molecule has 0 unspecified atom stereocenters. The van der Waals surface area contributed by atoms with E-state index in [2.05, 4.69) is 29.2 Å². The highest BCUT2D eigenvalue weighted by Crippen LogP contribution is 2.19. The number of nitrogens with zero attached hydrogens (tertiary/aromatic N) is 1. The highest BCUT2D eigenvalue weighted by molar-refractivity contribution is 5.67. The minimum absolute atomic E-state index is 0.321. The van der Waals surface area contributed by atoms with E-state index in [1.54, 1.807) is 0 Å². The van der Waals surface area contributed by atoms with Crippen molar-refractivity contribution in [3.63, 3.8) is 0 Å². The molecule has 1 aliphatic heterocycles. The summed E-state index contributed by atoms with van der Waals surface area (Å²) >= 11 is 0. The normalized spacial score (nSPS) is 17.0. The van der Waals surface area contributed by atoms with E-state index in [1.807, 2.05) is 6.07 Å². The van der Waals surface area contributed by atoms with Gasteiger partial charge in [0.25, 0.3) is 0 Å². The second-order valence-electron chi connectivity index (χ2n) is 4.46. The quantitative estimate of drug-likeness (QED) is 0.818. The lowest BCUT2D eigenvalue weighted by Crippen LogP contribution is -2.48. The highest BCUT2D eigenvalue weighted by Gasteiger charge is 2.27. The van der Waals surface area contributed by atoms with E-state index in [0.717, 1.165) is 26.1 Å². The Labute approximate surface area is 95.7 Å².